The molecule has 4 rings (SSSR count). The van der Waals surface area contributed by atoms with Gasteiger partial charge in [-0.05, 0) is 83.0 Å². The van der Waals surface area contributed by atoms with Gasteiger partial charge in [-0.3, -0.25) is 4.79 Å². The van der Waals surface area contributed by atoms with Gasteiger partial charge in [0.1, 0.15) is 12.1 Å². The van der Waals surface area contributed by atoms with Crippen LogP contribution in [-0.2, 0) is 6.42 Å². The summed E-state index contributed by atoms with van der Waals surface area (Å²) in [6.07, 6.45) is 6.63. The number of hydrogen-bond donors (Lipinski definition) is 2. The molecular weight excluding hydrogens is 485 g/mol. The molecule has 2 aromatic heterocycles. The van der Waals surface area contributed by atoms with Crippen LogP contribution in [-0.4, -0.2) is 33.0 Å². The van der Waals surface area contributed by atoms with Crippen molar-refractivity contribution in [3.8, 4) is 0 Å². The molecule has 0 aliphatic heterocycles. The monoisotopic (exact) mass is 504 g/mol. The van der Waals surface area contributed by atoms with Gasteiger partial charge in [0, 0.05) is 15.8 Å². The molecule has 5 nitrogen and oxygen atoms in total. The lowest BCUT2D eigenvalue weighted by Gasteiger charge is -2.14. The Labute approximate surface area is 181 Å². The smallest absolute Gasteiger partial charge is 0.208 e. The predicted octanol–water partition coefficient (Wildman–Crippen LogP) is 4.10. The van der Waals surface area contributed by atoms with Crippen LogP contribution in [0, 0.1) is 9.99 Å². The highest BCUT2D eigenvalue weighted by atomic mass is 127. The Hall–Kier alpha value is -1.84. The maximum absolute atomic E-state index is 13.1. The summed E-state index contributed by atoms with van der Waals surface area (Å²) >= 11 is 3.75. The van der Waals surface area contributed by atoms with Gasteiger partial charge in [-0.2, -0.15) is 0 Å². The minimum atomic E-state index is -0.403. The summed E-state index contributed by atoms with van der Waals surface area (Å²) < 4.78 is 1.20. The third-order valence-electron chi connectivity index (χ3n) is 4.69. The van der Waals surface area contributed by atoms with E-state index in [2.05, 4.69) is 56.1 Å². The summed E-state index contributed by atoms with van der Waals surface area (Å²) in [4.78, 5) is 22.0. The second-order valence-corrected chi connectivity index (χ2v) is 9.01. The SMILES string of the molecule is O=C(c1cc(Cc2cccc(I)c2)cs1)c1cncnc1N[C@@H]1C[CH][C@H](O)C1. The van der Waals surface area contributed by atoms with Gasteiger partial charge in [-0.15, -0.1) is 11.3 Å². The van der Waals surface area contributed by atoms with Crippen LogP contribution in [0.2, 0.25) is 0 Å². The summed E-state index contributed by atoms with van der Waals surface area (Å²) in [5, 5.41) is 15.0. The third kappa shape index (κ3) is 4.59. The van der Waals surface area contributed by atoms with Crippen molar-refractivity contribution >= 4 is 45.5 Å². The molecular formula is C21H19IN3O2S. The normalized spacial score (nSPS) is 18.9. The molecule has 7 heteroatoms. The molecule has 28 heavy (non-hydrogen) atoms. The van der Waals surface area contributed by atoms with Crippen LogP contribution in [0.5, 0.6) is 0 Å². The van der Waals surface area contributed by atoms with Gasteiger partial charge in [0.05, 0.1) is 16.5 Å². The molecule has 0 spiro atoms. The molecule has 1 radical (unpaired) electrons. The number of thiophene rings is 1. The maximum Gasteiger partial charge on any atom is 0.208 e. The number of benzene rings is 1. The zero-order valence-electron chi connectivity index (χ0n) is 15.0. The number of aliphatic hydroxyl groups excluding tert-OH is 1. The number of hydrogen-bond acceptors (Lipinski definition) is 6. The molecule has 1 saturated carbocycles. The largest absolute Gasteiger partial charge is 0.393 e. The van der Waals surface area contributed by atoms with Crippen molar-refractivity contribution in [1.82, 2.24) is 9.97 Å². The Morgan fingerprint density at radius 3 is 3.00 bits per heavy atom. The van der Waals surface area contributed by atoms with Crippen molar-refractivity contribution < 1.29 is 9.90 Å². The number of carbonyl (C=O) groups is 1. The number of carbonyl (C=O) groups excluding carboxylic acids is 1. The van der Waals surface area contributed by atoms with Crippen molar-refractivity contribution in [2.45, 2.75) is 31.4 Å². The molecule has 0 bridgehead atoms. The van der Waals surface area contributed by atoms with Gasteiger partial charge in [0.2, 0.25) is 5.78 Å². The van der Waals surface area contributed by atoms with Gasteiger partial charge >= 0.3 is 0 Å². The molecule has 1 aliphatic rings. The number of nitrogens with one attached hydrogen (secondary N) is 1. The van der Waals surface area contributed by atoms with E-state index in [4.69, 9.17) is 0 Å². The molecule has 0 unspecified atom stereocenters. The van der Waals surface area contributed by atoms with Gasteiger partial charge in [-0.25, -0.2) is 9.97 Å². The fourth-order valence-corrected chi connectivity index (χ4v) is 4.80. The van der Waals surface area contributed by atoms with E-state index >= 15 is 0 Å². The summed E-state index contributed by atoms with van der Waals surface area (Å²) in [5.41, 5.74) is 2.81. The summed E-state index contributed by atoms with van der Waals surface area (Å²) in [6.45, 7) is 0. The second-order valence-electron chi connectivity index (χ2n) is 6.86. The third-order valence-corrected chi connectivity index (χ3v) is 6.34. The first-order chi connectivity index (χ1) is 13.6. The molecule has 2 atom stereocenters. The summed E-state index contributed by atoms with van der Waals surface area (Å²) in [6, 6.07) is 10.4. The van der Waals surface area contributed by atoms with E-state index in [1.807, 2.05) is 23.9 Å². The molecule has 2 N–H and O–H groups in total. The van der Waals surface area contributed by atoms with Crippen molar-refractivity contribution in [2.75, 3.05) is 5.32 Å². The Morgan fingerprint density at radius 2 is 2.21 bits per heavy atom. The molecule has 143 valence electrons. The maximum atomic E-state index is 13.1. The van der Waals surface area contributed by atoms with E-state index < -0.39 is 6.10 Å². The highest BCUT2D eigenvalue weighted by Crippen LogP contribution is 2.26. The fourth-order valence-electron chi connectivity index (χ4n) is 3.33. The average Bonchev–Trinajstić information content (AvgIpc) is 3.31. The van der Waals surface area contributed by atoms with Crippen LogP contribution in [0.3, 0.4) is 0 Å². The number of ketones is 1. The Bertz CT molecular complexity index is 991. The average molecular weight is 504 g/mol. The van der Waals surface area contributed by atoms with Crippen LogP contribution in [0.25, 0.3) is 0 Å². The van der Waals surface area contributed by atoms with E-state index in [0.29, 0.717) is 22.7 Å². The minimum absolute atomic E-state index is 0.0792. The lowest BCUT2D eigenvalue weighted by Crippen LogP contribution is -2.20. The van der Waals surface area contributed by atoms with E-state index in [1.54, 1.807) is 6.20 Å². The highest BCUT2D eigenvalue weighted by molar-refractivity contribution is 14.1. The molecule has 1 fully saturated rings. The lowest BCUT2D eigenvalue weighted by molar-refractivity contribution is 0.104. The zero-order chi connectivity index (χ0) is 19.5. The molecule has 1 aromatic carbocycles. The Balaban J connectivity index is 1.51. The van der Waals surface area contributed by atoms with Crippen molar-refractivity contribution in [3.63, 3.8) is 0 Å². The Morgan fingerprint density at radius 1 is 1.32 bits per heavy atom. The number of aliphatic hydroxyl groups is 1. The first-order valence-electron chi connectivity index (χ1n) is 9.03. The van der Waals surface area contributed by atoms with Crippen molar-refractivity contribution in [2.24, 2.45) is 0 Å². The van der Waals surface area contributed by atoms with Crippen molar-refractivity contribution in [3.05, 3.63) is 79.8 Å². The number of rotatable bonds is 6. The zero-order valence-corrected chi connectivity index (χ0v) is 18.0. The van der Waals surface area contributed by atoms with Gasteiger partial charge in [0.25, 0.3) is 0 Å². The van der Waals surface area contributed by atoms with Gasteiger partial charge in [-0.1, -0.05) is 12.1 Å². The second kappa shape index (κ2) is 8.67. The van der Waals surface area contributed by atoms with E-state index in [9.17, 15) is 9.90 Å². The molecule has 0 amide bonds. The molecule has 1 aliphatic carbocycles. The first-order valence-corrected chi connectivity index (χ1v) is 11.0. The van der Waals surface area contributed by atoms with Crippen LogP contribution in [0.15, 0.2) is 48.2 Å². The minimum Gasteiger partial charge on any atom is -0.393 e. The predicted molar refractivity (Wildman–Crippen MR) is 119 cm³/mol. The number of anilines is 1. The van der Waals surface area contributed by atoms with Crippen LogP contribution >= 0.6 is 33.9 Å². The number of aromatic nitrogens is 2. The van der Waals surface area contributed by atoms with E-state index in [0.717, 1.165) is 18.4 Å². The molecule has 0 saturated heterocycles. The van der Waals surface area contributed by atoms with Crippen LogP contribution in [0.4, 0.5) is 5.82 Å². The fraction of sp³-hybridized carbons (Fsp3) is 0.238. The number of halogens is 1. The van der Waals surface area contributed by atoms with Gasteiger partial charge in [0.15, 0.2) is 0 Å². The quantitative estimate of drug-likeness (QED) is 0.391. The van der Waals surface area contributed by atoms with Crippen molar-refractivity contribution in [1.29, 1.82) is 0 Å². The summed E-state index contributed by atoms with van der Waals surface area (Å²) in [7, 11) is 0. The summed E-state index contributed by atoms with van der Waals surface area (Å²) in [5.74, 6) is 0.449. The molecule has 2 heterocycles. The standard InChI is InChI=1S/C21H19IN3O2S/c22-15-3-1-2-13(7-15)6-14-8-19(28-11-14)20(27)18-10-23-12-24-21(18)25-16-4-5-17(26)9-16/h1-3,5,7-8,10-12,16-17,26H,4,6,9H2,(H,23,24,25)/t16-,17+/m1/s1. The van der Waals surface area contributed by atoms with Gasteiger partial charge < -0.3 is 10.4 Å². The lowest BCUT2D eigenvalue weighted by atomic mass is 10.1. The van der Waals surface area contributed by atoms with Crippen LogP contribution < -0.4 is 5.32 Å². The van der Waals surface area contributed by atoms with Crippen LogP contribution in [0.1, 0.15) is 39.2 Å². The molecule has 3 aromatic rings. The van der Waals surface area contributed by atoms with E-state index in [1.165, 1.54) is 26.8 Å². The number of nitrogens with zero attached hydrogens (tertiary/aromatic N) is 2. The van der Waals surface area contributed by atoms with E-state index in [-0.39, 0.29) is 11.8 Å². The first kappa shape index (κ1) is 19.5. The highest BCUT2D eigenvalue weighted by Gasteiger charge is 2.25. The Kier molecular flexibility index (Phi) is 6.03. The topological polar surface area (TPSA) is 75.1 Å².